The maximum Gasteiger partial charge on any atom is 0 e. The minimum atomic E-state index is 0. The molecule has 17 heteroatoms. The summed E-state index contributed by atoms with van der Waals surface area (Å²) in [6, 6.07) is 0. The molecule has 0 bridgehead atoms. The molecular formula is H26O13W4. The minimum Gasteiger partial charge on any atom is -0.412 e. The van der Waals surface area contributed by atoms with Crippen LogP contribution in [0.5, 0.6) is 0 Å². The van der Waals surface area contributed by atoms with E-state index in [2.05, 4.69) is 0 Å². The molecule has 0 saturated heterocycles. The smallest absolute Gasteiger partial charge is 0 e. The Kier molecular flexibility index (Phi) is 81900. The second-order valence-electron chi connectivity index (χ2n) is 0. The van der Waals surface area contributed by atoms with Crippen LogP contribution < -0.4 is 0 Å². The van der Waals surface area contributed by atoms with E-state index >= 15 is 0 Å². The summed E-state index contributed by atoms with van der Waals surface area (Å²) in [5.41, 5.74) is 0. The van der Waals surface area contributed by atoms with Gasteiger partial charge in [0.05, 0.1) is 0 Å². The van der Waals surface area contributed by atoms with Crippen molar-refractivity contribution < 1.29 is 155 Å². The average Bonchev–Trinajstić information content (AvgIpc) is 0. The SMILES string of the molecule is O.O.O.O.O.O.O.O.O.O.O.O.O.[W].[W].[W].[W]. The topological polar surface area (TPSA) is 410 Å². The van der Waals surface area contributed by atoms with Crippen molar-refractivity contribution in [3.8, 4) is 0 Å². The van der Waals surface area contributed by atoms with Gasteiger partial charge < -0.3 is 71.2 Å². The van der Waals surface area contributed by atoms with Crippen molar-refractivity contribution in [3.05, 3.63) is 0 Å². The number of rotatable bonds is 0. The van der Waals surface area contributed by atoms with Gasteiger partial charge in [-0.1, -0.05) is 0 Å². The molecule has 0 aliphatic heterocycles. The molecule has 0 radical (unpaired) electrons. The van der Waals surface area contributed by atoms with Crippen LogP contribution in [0.1, 0.15) is 0 Å². The second-order valence-corrected chi connectivity index (χ2v) is 0. The molecular weight excluding hydrogens is 943 g/mol. The van der Waals surface area contributed by atoms with Crippen LogP contribution in [0.4, 0.5) is 0 Å². The Morgan fingerprint density at radius 3 is 0.118 bits per heavy atom. The van der Waals surface area contributed by atoms with Crippen LogP contribution in [0.2, 0.25) is 0 Å². The summed E-state index contributed by atoms with van der Waals surface area (Å²) in [6.45, 7) is 0. The monoisotopic (exact) mass is 970 g/mol. The Labute approximate surface area is 154 Å². The van der Waals surface area contributed by atoms with Gasteiger partial charge in [0.15, 0.2) is 0 Å². The largest absolute Gasteiger partial charge is 0.412 e. The Bertz CT molecular complexity index is 13.4. The van der Waals surface area contributed by atoms with Gasteiger partial charge in [-0.05, 0) is 0 Å². The maximum atomic E-state index is 0. The zero-order valence-corrected chi connectivity index (χ0v) is 19.9. The first-order valence-corrected chi connectivity index (χ1v) is 0. The predicted molar refractivity (Wildman–Crippen MR) is 47.0 cm³/mol. The first-order valence-electron chi connectivity index (χ1n) is 0. The van der Waals surface area contributed by atoms with Gasteiger partial charge in [0.1, 0.15) is 0 Å². The van der Waals surface area contributed by atoms with Crippen molar-refractivity contribution in [2.24, 2.45) is 0 Å². The number of hydrogen-bond acceptors (Lipinski definition) is 0. The molecule has 128 valence electrons. The van der Waals surface area contributed by atoms with Gasteiger partial charge in [-0.15, -0.1) is 0 Å². The minimum absolute atomic E-state index is 0. The predicted octanol–water partition coefficient (Wildman–Crippen LogP) is -10.7. The molecule has 0 aliphatic carbocycles. The molecule has 0 saturated carbocycles. The summed E-state index contributed by atoms with van der Waals surface area (Å²) in [7, 11) is 0. The van der Waals surface area contributed by atoms with Crippen molar-refractivity contribution in [2.75, 3.05) is 0 Å². The first-order chi connectivity index (χ1) is 0. The molecule has 0 aliphatic rings. The third-order valence-corrected chi connectivity index (χ3v) is 0. The van der Waals surface area contributed by atoms with Gasteiger partial charge in [-0.3, -0.25) is 0 Å². The molecule has 0 atom stereocenters. The average molecular weight is 970 g/mol. The molecule has 26 N–H and O–H groups in total. The molecule has 0 aromatic carbocycles. The van der Waals surface area contributed by atoms with Crippen LogP contribution in [0.15, 0.2) is 0 Å². The summed E-state index contributed by atoms with van der Waals surface area (Å²) >= 11 is 0. The molecule has 0 aromatic heterocycles. The van der Waals surface area contributed by atoms with Crippen LogP contribution in [0.25, 0.3) is 0 Å². The normalized spacial score (nSPS) is 0. The van der Waals surface area contributed by atoms with E-state index < -0.39 is 0 Å². The quantitative estimate of drug-likeness (QED) is 0.218. The Balaban J connectivity index is 0. The fourth-order valence-electron chi connectivity index (χ4n) is 0. The fourth-order valence-corrected chi connectivity index (χ4v) is 0. The first kappa shape index (κ1) is 1280. The third-order valence-electron chi connectivity index (χ3n) is 0. The van der Waals surface area contributed by atoms with Crippen LogP contribution >= 0.6 is 0 Å². The van der Waals surface area contributed by atoms with Crippen LogP contribution in [-0.2, 0) is 84.3 Å². The van der Waals surface area contributed by atoms with Gasteiger partial charge in [-0.2, -0.15) is 0 Å². The summed E-state index contributed by atoms with van der Waals surface area (Å²) in [5.74, 6) is 0. The molecule has 0 fully saturated rings. The van der Waals surface area contributed by atoms with Gasteiger partial charge in [0.2, 0.25) is 0 Å². The Morgan fingerprint density at radius 2 is 0.118 bits per heavy atom. The molecule has 0 amide bonds. The van der Waals surface area contributed by atoms with E-state index in [0.717, 1.165) is 0 Å². The summed E-state index contributed by atoms with van der Waals surface area (Å²) in [5, 5.41) is 0. The number of hydrogen-bond donors (Lipinski definition) is 0. The van der Waals surface area contributed by atoms with Crippen molar-refractivity contribution in [3.63, 3.8) is 0 Å². The van der Waals surface area contributed by atoms with Gasteiger partial charge in [0.25, 0.3) is 0 Å². The molecule has 0 aromatic rings. The van der Waals surface area contributed by atoms with E-state index in [4.69, 9.17) is 0 Å². The zero-order valence-electron chi connectivity index (χ0n) is 8.13. The van der Waals surface area contributed by atoms with Crippen molar-refractivity contribution in [1.29, 1.82) is 0 Å². The maximum absolute atomic E-state index is 0. The van der Waals surface area contributed by atoms with Crippen molar-refractivity contribution >= 4 is 0 Å². The second kappa shape index (κ2) is 1090. The van der Waals surface area contributed by atoms with Crippen molar-refractivity contribution in [1.82, 2.24) is 0 Å². The molecule has 13 nitrogen and oxygen atoms in total. The van der Waals surface area contributed by atoms with Gasteiger partial charge in [0, 0.05) is 84.3 Å². The summed E-state index contributed by atoms with van der Waals surface area (Å²) in [6.07, 6.45) is 0. The van der Waals surface area contributed by atoms with Crippen LogP contribution in [0.3, 0.4) is 0 Å². The molecule has 0 spiro atoms. The van der Waals surface area contributed by atoms with E-state index in [1.54, 1.807) is 0 Å². The van der Waals surface area contributed by atoms with Gasteiger partial charge >= 0.3 is 0 Å². The fraction of sp³-hybridized carbons (Fsp3) is 0. The Hall–Kier alpha value is 2.23. The molecule has 17 heavy (non-hydrogen) atoms. The van der Waals surface area contributed by atoms with E-state index in [-0.39, 0.29) is 155 Å². The Morgan fingerprint density at radius 1 is 0.118 bits per heavy atom. The van der Waals surface area contributed by atoms with Crippen LogP contribution in [0, 0.1) is 0 Å². The molecule has 0 unspecified atom stereocenters. The van der Waals surface area contributed by atoms with E-state index in [9.17, 15) is 0 Å². The van der Waals surface area contributed by atoms with E-state index in [0.29, 0.717) is 0 Å². The summed E-state index contributed by atoms with van der Waals surface area (Å²) < 4.78 is 0. The molecule has 0 heterocycles. The summed E-state index contributed by atoms with van der Waals surface area (Å²) in [4.78, 5) is 0. The van der Waals surface area contributed by atoms with Crippen molar-refractivity contribution in [2.45, 2.75) is 0 Å². The van der Waals surface area contributed by atoms with E-state index in [1.165, 1.54) is 0 Å². The van der Waals surface area contributed by atoms with Gasteiger partial charge in [-0.25, -0.2) is 0 Å². The standard InChI is InChI=1S/13H2O.4W/h13*1H2;;;;. The zero-order chi connectivity index (χ0) is 0. The van der Waals surface area contributed by atoms with E-state index in [1.807, 2.05) is 0 Å². The van der Waals surface area contributed by atoms with Crippen LogP contribution in [-0.4, -0.2) is 71.2 Å². The third kappa shape index (κ3) is 963. The molecule has 0 rings (SSSR count).